The summed E-state index contributed by atoms with van der Waals surface area (Å²) in [5.74, 6) is 0.118. The van der Waals surface area contributed by atoms with E-state index in [-0.39, 0.29) is 18.0 Å². The second-order valence-electron chi connectivity index (χ2n) is 4.85. The van der Waals surface area contributed by atoms with Crippen LogP contribution in [0.4, 0.5) is 0 Å². The van der Waals surface area contributed by atoms with Crippen molar-refractivity contribution in [2.24, 2.45) is 0 Å². The van der Waals surface area contributed by atoms with Crippen LogP contribution in [0.5, 0.6) is 5.75 Å². The van der Waals surface area contributed by atoms with Crippen LogP contribution < -0.4 is 0 Å². The fraction of sp³-hybridized carbons (Fsp3) is 0.538. The van der Waals surface area contributed by atoms with Gasteiger partial charge in [-0.25, -0.2) is 0 Å². The third kappa shape index (κ3) is 3.29. The molecular formula is C13H17Cl2NO2. The van der Waals surface area contributed by atoms with Crippen molar-refractivity contribution >= 4 is 23.2 Å². The molecule has 0 radical (unpaired) electrons. The first kappa shape index (κ1) is 13.9. The van der Waals surface area contributed by atoms with Gasteiger partial charge in [0.15, 0.2) is 0 Å². The fourth-order valence-electron chi connectivity index (χ4n) is 2.39. The van der Waals surface area contributed by atoms with Crippen LogP contribution in [0.3, 0.4) is 0 Å². The normalized spacial score (nSPS) is 25.3. The molecule has 2 atom stereocenters. The van der Waals surface area contributed by atoms with Gasteiger partial charge in [-0.05, 0) is 26.0 Å². The molecule has 1 N–H and O–H groups in total. The number of halogens is 2. The quantitative estimate of drug-likeness (QED) is 0.907. The first-order valence-corrected chi connectivity index (χ1v) is 6.76. The Kier molecular flexibility index (Phi) is 4.38. The Morgan fingerprint density at radius 2 is 1.89 bits per heavy atom. The van der Waals surface area contributed by atoms with Crippen LogP contribution in [0.25, 0.3) is 0 Å². The number of rotatable bonds is 2. The lowest BCUT2D eigenvalue weighted by atomic mass is 10.1. The van der Waals surface area contributed by atoms with E-state index in [1.807, 2.05) is 13.8 Å². The summed E-state index contributed by atoms with van der Waals surface area (Å²) >= 11 is 11.9. The zero-order valence-corrected chi connectivity index (χ0v) is 12.0. The summed E-state index contributed by atoms with van der Waals surface area (Å²) in [6, 6.07) is 3.31. The van der Waals surface area contributed by atoms with Gasteiger partial charge in [0.25, 0.3) is 0 Å². The number of hydrogen-bond donors (Lipinski definition) is 1. The molecule has 0 bridgehead atoms. The summed E-state index contributed by atoms with van der Waals surface area (Å²) in [7, 11) is 0. The van der Waals surface area contributed by atoms with Crippen molar-refractivity contribution in [3.05, 3.63) is 27.7 Å². The zero-order valence-electron chi connectivity index (χ0n) is 10.5. The minimum absolute atomic E-state index is 0.118. The Balaban J connectivity index is 2.14. The number of phenols is 1. The fourth-order valence-corrected chi connectivity index (χ4v) is 2.93. The van der Waals surface area contributed by atoms with Crippen LogP contribution in [0.1, 0.15) is 19.4 Å². The predicted octanol–water partition coefficient (Wildman–Crippen LogP) is 3.31. The van der Waals surface area contributed by atoms with E-state index in [9.17, 15) is 5.11 Å². The molecule has 0 amide bonds. The van der Waals surface area contributed by atoms with Gasteiger partial charge in [0.1, 0.15) is 5.75 Å². The molecule has 1 heterocycles. The van der Waals surface area contributed by atoms with Crippen LogP contribution in [-0.4, -0.2) is 35.3 Å². The van der Waals surface area contributed by atoms with E-state index in [2.05, 4.69) is 4.90 Å². The van der Waals surface area contributed by atoms with Crippen molar-refractivity contribution in [1.82, 2.24) is 4.90 Å². The largest absolute Gasteiger partial charge is 0.506 e. The molecule has 1 fully saturated rings. The second kappa shape index (κ2) is 5.66. The van der Waals surface area contributed by atoms with Crippen molar-refractivity contribution in [2.45, 2.75) is 32.6 Å². The van der Waals surface area contributed by atoms with Gasteiger partial charge in [-0.2, -0.15) is 0 Å². The molecule has 100 valence electrons. The average molecular weight is 290 g/mol. The molecule has 1 aliphatic rings. The highest BCUT2D eigenvalue weighted by molar-refractivity contribution is 6.35. The molecule has 18 heavy (non-hydrogen) atoms. The predicted molar refractivity (Wildman–Crippen MR) is 73.4 cm³/mol. The molecule has 2 rings (SSSR count). The second-order valence-corrected chi connectivity index (χ2v) is 5.69. The summed E-state index contributed by atoms with van der Waals surface area (Å²) in [5.41, 5.74) is 0.758. The van der Waals surface area contributed by atoms with Gasteiger partial charge in [0, 0.05) is 30.2 Å². The van der Waals surface area contributed by atoms with Gasteiger partial charge < -0.3 is 9.84 Å². The van der Waals surface area contributed by atoms with Crippen LogP contribution in [0.15, 0.2) is 12.1 Å². The number of aromatic hydroxyl groups is 1. The summed E-state index contributed by atoms with van der Waals surface area (Å²) in [4.78, 5) is 2.24. The maximum atomic E-state index is 9.94. The third-order valence-electron chi connectivity index (χ3n) is 3.00. The summed E-state index contributed by atoms with van der Waals surface area (Å²) in [6.45, 7) is 6.41. The Morgan fingerprint density at radius 1 is 1.28 bits per heavy atom. The Bertz CT molecular complexity index is 429. The van der Waals surface area contributed by atoms with E-state index in [1.165, 1.54) is 0 Å². The van der Waals surface area contributed by atoms with Crippen molar-refractivity contribution in [1.29, 1.82) is 0 Å². The molecule has 5 heteroatoms. The molecule has 3 nitrogen and oxygen atoms in total. The molecule has 0 aliphatic carbocycles. The highest BCUT2D eigenvalue weighted by Gasteiger charge is 2.23. The summed E-state index contributed by atoms with van der Waals surface area (Å²) in [5, 5.41) is 10.8. The maximum absolute atomic E-state index is 9.94. The number of nitrogens with zero attached hydrogens (tertiary/aromatic N) is 1. The Labute approximate surface area is 117 Å². The van der Waals surface area contributed by atoms with E-state index >= 15 is 0 Å². The molecule has 1 aliphatic heterocycles. The van der Waals surface area contributed by atoms with E-state index in [1.54, 1.807) is 12.1 Å². The minimum Gasteiger partial charge on any atom is -0.506 e. The number of phenolic OH excluding ortho intramolecular Hbond substituents is 1. The summed E-state index contributed by atoms with van der Waals surface area (Å²) < 4.78 is 5.68. The lowest BCUT2D eigenvalue weighted by molar-refractivity contribution is -0.0706. The van der Waals surface area contributed by atoms with E-state index in [0.717, 1.165) is 18.7 Å². The lowest BCUT2D eigenvalue weighted by Gasteiger charge is -2.35. The first-order valence-electron chi connectivity index (χ1n) is 6.00. The van der Waals surface area contributed by atoms with Gasteiger partial charge >= 0.3 is 0 Å². The Hall–Kier alpha value is -0.480. The maximum Gasteiger partial charge on any atom is 0.138 e. The van der Waals surface area contributed by atoms with Gasteiger partial charge in [-0.1, -0.05) is 23.2 Å². The van der Waals surface area contributed by atoms with E-state index < -0.39 is 0 Å². The van der Waals surface area contributed by atoms with Crippen LogP contribution in [0.2, 0.25) is 10.0 Å². The monoisotopic (exact) mass is 289 g/mol. The lowest BCUT2D eigenvalue weighted by Crippen LogP contribution is -2.44. The van der Waals surface area contributed by atoms with E-state index in [4.69, 9.17) is 27.9 Å². The molecule has 0 aromatic heterocycles. The molecule has 0 saturated carbocycles. The van der Waals surface area contributed by atoms with Crippen LogP contribution >= 0.6 is 23.2 Å². The average Bonchev–Trinajstić information content (AvgIpc) is 2.23. The topological polar surface area (TPSA) is 32.7 Å². The van der Waals surface area contributed by atoms with Gasteiger partial charge in [0.05, 0.1) is 17.2 Å². The van der Waals surface area contributed by atoms with Crippen LogP contribution in [-0.2, 0) is 11.3 Å². The molecular weight excluding hydrogens is 273 g/mol. The first-order chi connectivity index (χ1) is 8.45. The molecule has 1 aromatic carbocycles. The summed E-state index contributed by atoms with van der Waals surface area (Å²) in [6.07, 6.45) is 0.399. The van der Waals surface area contributed by atoms with Gasteiger partial charge in [0.2, 0.25) is 0 Å². The van der Waals surface area contributed by atoms with Crippen LogP contribution in [0, 0.1) is 0 Å². The van der Waals surface area contributed by atoms with Crippen molar-refractivity contribution in [3.8, 4) is 5.75 Å². The van der Waals surface area contributed by atoms with Crippen molar-refractivity contribution in [3.63, 3.8) is 0 Å². The number of benzene rings is 1. The highest BCUT2D eigenvalue weighted by atomic mass is 35.5. The Morgan fingerprint density at radius 3 is 2.50 bits per heavy atom. The van der Waals surface area contributed by atoms with E-state index in [0.29, 0.717) is 16.6 Å². The minimum atomic E-state index is 0.118. The molecule has 1 aromatic rings. The number of ether oxygens (including phenoxy) is 1. The standard InChI is InChI=1S/C13H17Cl2NO2/c1-8-5-16(6-9(2)18-8)7-10-3-11(14)4-12(15)13(10)17/h3-4,8-9,17H,5-7H2,1-2H3. The SMILES string of the molecule is CC1CN(Cc2cc(Cl)cc(Cl)c2O)CC(C)O1. The highest BCUT2D eigenvalue weighted by Crippen LogP contribution is 2.32. The van der Waals surface area contributed by atoms with Crippen molar-refractivity contribution in [2.75, 3.05) is 13.1 Å². The van der Waals surface area contributed by atoms with Gasteiger partial charge in [-0.3, -0.25) is 4.90 Å². The molecule has 2 unspecified atom stereocenters. The smallest absolute Gasteiger partial charge is 0.138 e. The van der Waals surface area contributed by atoms with Crippen molar-refractivity contribution < 1.29 is 9.84 Å². The van der Waals surface area contributed by atoms with Gasteiger partial charge in [-0.15, -0.1) is 0 Å². The molecule has 0 spiro atoms. The number of morpholine rings is 1. The number of hydrogen-bond acceptors (Lipinski definition) is 3. The zero-order chi connectivity index (χ0) is 13.3. The molecule has 1 saturated heterocycles. The third-order valence-corrected chi connectivity index (χ3v) is 3.50.